The fourth-order valence-corrected chi connectivity index (χ4v) is 4.09. The standard InChI is InChI=1S/C16H23N5O3S/c1-4-21-9-8-17-16(21)15-13(7-10-24-15)19-25(22,23)12-5-6-14(18-11-12)20(2)3/h5-6,8-9,11,13,15,19H,4,7,10H2,1-3H3/t13-,15-/m1/s1. The molecule has 0 radical (unpaired) electrons. The van der Waals surface area contributed by atoms with E-state index in [4.69, 9.17) is 4.74 Å². The summed E-state index contributed by atoms with van der Waals surface area (Å²) in [6.45, 7) is 3.26. The molecule has 0 aliphatic carbocycles. The number of anilines is 1. The number of hydrogen-bond donors (Lipinski definition) is 1. The Kier molecular flexibility index (Phi) is 5.07. The summed E-state index contributed by atoms with van der Waals surface area (Å²) in [5.41, 5.74) is 0. The van der Waals surface area contributed by atoms with E-state index in [9.17, 15) is 8.42 Å². The first-order valence-corrected chi connectivity index (χ1v) is 9.69. The van der Waals surface area contributed by atoms with Gasteiger partial charge in [0, 0.05) is 45.8 Å². The maximum Gasteiger partial charge on any atom is 0.242 e. The van der Waals surface area contributed by atoms with E-state index in [1.807, 2.05) is 36.7 Å². The van der Waals surface area contributed by atoms with Crippen molar-refractivity contribution in [3.8, 4) is 0 Å². The molecule has 136 valence electrons. The van der Waals surface area contributed by atoms with E-state index < -0.39 is 16.1 Å². The summed E-state index contributed by atoms with van der Waals surface area (Å²) in [6, 6.07) is 2.88. The van der Waals surface area contributed by atoms with Crippen LogP contribution in [-0.2, 0) is 21.3 Å². The molecule has 0 saturated carbocycles. The summed E-state index contributed by atoms with van der Waals surface area (Å²) in [7, 11) is 0.0267. The highest BCUT2D eigenvalue weighted by atomic mass is 32.2. The van der Waals surface area contributed by atoms with Crippen molar-refractivity contribution in [2.75, 3.05) is 25.6 Å². The first-order valence-electron chi connectivity index (χ1n) is 8.20. The molecule has 3 heterocycles. The van der Waals surface area contributed by atoms with Gasteiger partial charge in [-0.25, -0.2) is 23.1 Å². The number of nitrogens with one attached hydrogen (secondary N) is 1. The Hall–Kier alpha value is -1.97. The molecule has 2 atom stereocenters. The maximum absolute atomic E-state index is 12.7. The van der Waals surface area contributed by atoms with Gasteiger partial charge in [-0.15, -0.1) is 0 Å². The molecular weight excluding hydrogens is 342 g/mol. The molecule has 1 aliphatic rings. The number of rotatable bonds is 6. The van der Waals surface area contributed by atoms with Crippen molar-refractivity contribution in [2.24, 2.45) is 0 Å². The molecule has 1 aliphatic heterocycles. The normalized spacial score (nSPS) is 20.8. The van der Waals surface area contributed by atoms with E-state index in [2.05, 4.69) is 14.7 Å². The summed E-state index contributed by atoms with van der Waals surface area (Å²) in [5, 5.41) is 0. The third kappa shape index (κ3) is 3.68. The third-order valence-corrected chi connectivity index (χ3v) is 5.71. The van der Waals surface area contributed by atoms with Crippen LogP contribution >= 0.6 is 0 Å². The van der Waals surface area contributed by atoms with Crippen molar-refractivity contribution in [3.63, 3.8) is 0 Å². The van der Waals surface area contributed by atoms with Crippen LogP contribution in [0.4, 0.5) is 5.82 Å². The Bertz CT molecular complexity index is 817. The Labute approximate surface area is 147 Å². The Morgan fingerprint density at radius 2 is 2.16 bits per heavy atom. The third-order valence-electron chi connectivity index (χ3n) is 4.23. The highest BCUT2D eigenvalue weighted by molar-refractivity contribution is 7.89. The predicted octanol–water partition coefficient (Wildman–Crippen LogP) is 1.17. The van der Waals surface area contributed by atoms with E-state index in [0.29, 0.717) is 18.8 Å². The number of nitrogens with zero attached hydrogens (tertiary/aromatic N) is 4. The van der Waals surface area contributed by atoms with Gasteiger partial charge in [-0.2, -0.15) is 0 Å². The minimum atomic E-state index is -3.68. The molecule has 8 nitrogen and oxygen atoms in total. The van der Waals surface area contributed by atoms with Crippen LogP contribution in [0.15, 0.2) is 35.6 Å². The van der Waals surface area contributed by atoms with Gasteiger partial charge in [0.25, 0.3) is 0 Å². The van der Waals surface area contributed by atoms with Gasteiger partial charge in [0.05, 0.1) is 6.04 Å². The minimum Gasteiger partial charge on any atom is -0.369 e. The van der Waals surface area contributed by atoms with E-state index in [1.54, 1.807) is 18.3 Å². The first kappa shape index (κ1) is 17.8. The molecular formula is C16H23N5O3S. The molecule has 0 bridgehead atoms. The van der Waals surface area contributed by atoms with Gasteiger partial charge in [0.2, 0.25) is 10.0 Å². The smallest absolute Gasteiger partial charge is 0.242 e. The summed E-state index contributed by atoms with van der Waals surface area (Å²) < 4.78 is 35.8. The Morgan fingerprint density at radius 1 is 1.36 bits per heavy atom. The molecule has 25 heavy (non-hydrogen) atoms. The Morgan fingerprint density at radius 3 is 2.80 bits per heavy atom. The molecule has 0 spiro atoms. The van der Waals surface area contributed by atoms with E-state index in [1.165, 1.54) is 6.20 Å². The second kappa shape index (κ2) is 7.11. The monoisotopic (exact) mass is 365 g/mol. The molecule has 2 aromatic rings. The van der Waals surface area contributed by atoms with Crippen LogP contribution in [0.5, 0.6) is 0 Å². The van der Waals surface area contributed by atoms with E-state index >= 15 is 0 Å². The highest BCUT2D eigenvalue weighted by Gasteiger charge is 2.35. The summed E-state index contributed by atoms with van der Waals surface area (Å²) in [5.74, 6) is 1.44. The van der Waals surface area contributed by atoms with E-state index in [-0.39, 0.29) is 10.9 Å². The molecule has 1 N–H and O–H groups in total. The van der Waals surface area contributed by atoms with E-state index in [0.717, 1.165) is 12.4 Å². The fraction of sp³-hybridized carbons (Fsp3) is 0.500. The molecule has 2 aromatic heterocycles. The van der Waals surface area contributed by atoms with Crippen molar-refractivity contribution >= 4 is 15.8 Å². The molecule has 0 unspecified atom stereocenters. The average Bonchev–Trinajstić information content (AvgIpc) is 3.22. The second-order valence-corrected chi connectivity index (χ2v) is 7.84. The number of aryl methyl sites for hydroxylation is 1. The summed E-state index contributed by atoms with van der Waals surface area (Å²) >= 11 is 0. The van der Waals surface area contributed by atoms with Crippen LogP contribution in [0.2, 0.25) is 0 Å². The SMILES string of the molecule is CCn1ccnc1[C@@H]1OCC[C@H]1NS(=O)(=O)c1ccc(N(C)C)nc1. The summed E-state index contributed by atoms with van der Waals surface area (Å²) in [6.07, 6.45) is 5.15. The summed E-state index contributed by atoms with van der Waals surface area (Å²) in [4.78, 5) is 10.5. The minimum absolute atomic E-state index is 0.141. The zero-order valence-electron chi connectivity index (χ0n) is 14.6. The molecule has 1 fully saturated rings. The van der Waals surface area contributed by atoms with Gasteiger partial charge in [-0.05, 0) is 25.5 Å². The predicted molar refractivity (Wildman–Crippen MR) is 93.9 cm³/mol. The van der Waals surface area contributed by atoms with Crippen molar-refractivity contribution in [3.05, 3.63) is 36.5 Å². The van der Waals surface area contributed by atoms with Crippen LogP contribution in [0.25, 0.3) is 0 Å². The Balaban J connectivity index is 1.80. The van der Waals surface area contributed by atoms with Crippen LogP contribution in [0.3, 0.4) is 0 Å². The van der Waals surface area contributed by atoms with Crippen LogP contribution in [0, 0.1) is 0 Å². The molecule has 9 heteroatoms. The quantitative estimate of drug-likeness (QED) is 0.827. The lowest BCUT2D eigenvalue weighted by Gasteiger charge is -2.20. The van der Waals surface area contributed by atoms with Crippen LogP contribution in [-0.4, -0.2) is 49.7 Å². The first-order chi connectivity index (χ1) is 11.9. The van der Waals surface area contributed by atoms with Crippen LogP contribution in [0.1, 0.15) is 25.3 Å². The number of hydrogen-bond acceptors (Lipinski definition) is 6. The van der Waals surface area contributed by atoms with Gasteiger partial charge in [0.15, 0.2) is 0 Å². The number of ether oxygens (including phenoxy) is 1. The lowest BCUT2D eigenvalue weighted by atomic mass is 10.1. The van der Waals surface area contributed by atoms with Crippen molar-refractivity contribution in [1.29, 1.82) is 0 Å². The van der Waals surface area contributed by atoms with Gasteiger partial charge in [0.1, 0.15) is 22.6 Å². The van der Waals surface area contributed by atoms with Gasteiger partial charge >= 0.3 is 0 Å². The number of pyridine rings is 1. The zero-order chi connectivity index (χ0) is 18.0. The fourth-order valence-electron chi connectivity index (χ4n) is 2.87. The van der Waals surface area contributed by atoms with Gasteiger partial charge in [-0.1, -0.05) is 0 Å². The topological polar surface area (TPSA) is 89.3 Å². The lowest BCUT2D eigenvalue weighted by molar-refractivity contribution is 0.0925. The number of imidazole rings is 1. The van der Waals surface area contributed by atoms with Crippen molar-refractivity contribution in [1.82, 2.24) is 19.3 Å². The second-order valence-electron chi connectivity index (χ2n) is 6.13. The van der Waals surface area contributed by atoms with Crippen molar-refractivity contribution in [2.45, 2.75) is 36.9 Å². The number of sulfonamides is 1. The maximum atomic E-state index is 12.7. The highest BCUT2D eigenvalue weighted by Crippen LogP contribution is 2.29. The number of aromatic nitrogens is 3. The molecule has 0 aromatic carbocycles. The van der Waals surface area contributed by atoms with Gasteiger partial charge in [-0.3, -0.25) is 0 Å². The molecule has 3 rings (SSSR count). The largest absolute Gasteiger partial charge is 0.369 e. The molecule has 1 saturated heterocycles. The van der Waals surface area contributed by atoms with Crippen molar-refractivity contribution < 1.29 is 13.2 Å². The molecule has 0 amide bonds. The lowest BCUT2D eigenvalue weighted by Crippen LogP contribution is -2.37. The average molecular weight is 365 g/mol. The zero-order valence-corrected chi connectivity index (χ0v) is 15.4. The van der Waals surface area contributed by atoms with Gasteiger partial charge < -0.3 is 14.2 Å². The van der Waals surface area contributed by atoms with Crippen LogP contribution < -0.4 is 9.62 Å².